The third kappa shape index (κ3) is 3.06. The Kier molecular flexibility index (Phi) is 4.37. The van der Waals surface area contributed by atoms with Crippen molar-refractivity contribution >= 4 is 28.4 Å². The zero-order valence-corrected chi connectivity index (χ0v) is 11.8. The van der Waals surface area contributed by atoms with E-state index in [4.69, 9.17) is 0 Å². The van der Waals surface area contributed by atoms with E-state index in [1.165, 1.54) is 25.7 Å². The van der Waals surface area contributed by atoms with Gasteiger partial charge in [-0.2, -0.15) is 0 Å². The predicted octanol–water partition coefficient (Wildman–Crippen LogP) is 3.32. The Morgan fingerprint density at radius 1 is 1.44 bits per heavy atom. The summed E-state index contributed by atoms with van der Waals surface area (Å²) < 4.78 is 1.10. The number of anilines is 1. The zero-order valence-electron chi connectivity index (χ0n) is 9.62. The summed E-state index contributed by atoms with van der Waals surface area (Å²) in [6.45, 7) is 3.42. The Morgan fingerprint density at radius 3 is 3.00 bits per heavy atom. The van der Waals surface area contributed by atoms with Gasteiger partial charge in [0.25, 0.3) is 0 Å². The highest BCUT2D eigenvalue weighted by atomic mass is 127. The maximum absolute atomic E-state index is 4.26. The molecule has 1 saturated carbocycles. The van der Waals surface area contributed by atoms with Gasteiger partial charge >= 0.3 is 0 Å². The third-order valence-electron chi connectivity index (χ3n) is 3.49. The lowest BCUT2D eigenvalue weighted by atomic mass is 9.80. The topological polar surface area (TPSA) is 37.8 Å². The van der Waals surface area contributed by atoms with Crippen LogP contribution in [0.5, 0.6) is 0 Å². The Bertz CT molecular complexity index is 343. The van der Waals surface area contributed by atoms with E-state index in [1.807, 2.05) is 6.20 Å². The number of aromatic nitrogens is 2. The van der Waals surface area contributed by atoms with Crippen LogP contribution in [0.25, 0.3) is 0 Å². The first kappa shape index (κ1) is 12.1. The number of halogens is 1. The van der Waals surface area contributed by atoms with Crippen LogP contribution in [0.15, 0.2) is 12.5 Å². The molecule has 4 heteroatoms. The van der Waals surface area contributed by atoms with Crippen molar-refractivity contribution in [3.8, 4) is 0 Å². The summed E-state index contributed by atoms with van der Waals surface area (Å²) in [5.74, 6) is 2.63. The van der Waals surface area contributed by atoms with Crippen molar-refractivity contribution < 1.29 is 0 Å². The molecule has 0 aliphatic heterocycles. The molecule has 0 radical (unpaired) electrons. The molecule has 0 spiro atoms. The molecule has 1 N–H and O–H groups in total. The highest BCUT2D eigenvalue weighted by Crippen LogP contribution is 2.29. The van der Waals surface area contributed by atoms with Crippen LogP contribution >= 0.6 is 22.6 Å². The molecule has 1 fully saturated rings. The van der Waals surface area contributed by atoms with Crippen molar-refractivity contribution in [3.63, 3.8) is 0 Å². The van der Waals surface area contributed by atoms with Gasteiger partial charge in [-0.05, 0) is 40.8 Å². The third-order valence-corrected chi connectivity index (χ3v) is 4.28. The van der Waals surface area contributed by atoms with Crippen LogP contribution < -0.4 is 5.32 Å². The van der Waals surface area contributed by atoms with E-state index in [2.05, 4.69) is 44.8 Å². The molecule has 2 rings (SSSR count). The molecule has 0 bridgehead atoms. The average molecular weight is 331 g/mol. The van der Waals surface area contributed by atoms with Crippen molar-refractivity contribution in [2.24, 2.45) is 11.8 Å². The Hall–Kier alpha value is -0.390. The Morgan fingerprint density at radius 2 is 2.25 bits per heavy atom. The van der Waals surface area contributed by atoms with Gasteiger partial charge in [-0.3, -0.25) is 0 Å². The van der Waals surface area contributed by atoms with Gasteiger partial charge in [-0.1, -0.05) is 26.2 Å². The second-order valence-corrected chi connectivity index (χ2v) is 5.78. The number of hydrogen-bond donors (Lipinski definition) is 1. The normalized spacial score (nSPS) is 25.4. The minimum absolute atomic E-state index is 0.805. The van der Waals surface area contributed by atoms with Crippen LogP contribution in [-0.2, 0) is 0 Å². The lowest BCUT2D eigenvalue weighted by molar-refractivity contribution is 0.268. The van der Waals surface area contributed by atoms with Gasteiger partial charge in [0.2, 0.25) is 0 Å². The van der Waals surface area contributed by atoms with Gasteiger partial charge < -0.3 is 5.32 Å². The van der Waals surface area contributed by atoms with Crippen molar-refractivity contribution in [1.29, 1.82) is 0 Å². The van der Waals surface area contributed by atoms with Gasteiger partial charge in [0.1, 0.15) is 12.1 Å². The van der Waals surface area contributed by atoms with Crippen LogP contribution in [0.2, 0.25) is 0 Å². The average Bonchev–Trinajstić information content (AvgIpc) is 2.30. The summed E-state index contributed by atoms with van der Waals surface area (Å²) in [5.41, 5.74) is 0. The van der Waals surface area contributed by atoms with E-state index in [0.29, 0.717) is 0 Å². The van der Waals surface area contributed by atoms with Gasteiger partial charge in [-0.15, -0.1) is 0 Å². The van der Waals surface area contributed by atoms with E-state index in [0.717, 1.165) is 27.8 Å². The molecule has 0 saturated heterocycles. The molecular weight excluding hydrogens is 313 g/mol. The van der Waals surface area contributed by atoms with Gasteiger partial charge in [0.05, 0.1) is 3.57 Å². The van der Waals surface area contributed by atoms with Crippen molar-refractivity contribution in [2.75, 3.05) is 11.9 Å². The number of nitrogens with one attached hydrogen (secondary N) is 1. The molecule has 0 amide bonds. The SMILES string of the molecule is CC1CCCCC1CNc1ncncc1I. The minimum atomic E-state index is 0.805. The molecule has 0 aromatic carbocycles. The largest absolute Gasteiger partial charge is 0.369 e. The summed E-state index contributed by atoms with van der Waals surface area (Å²) >= 11 is 2.27. The first-order valence-corrected chi connectivity index (χ1v) is 7.04. The van der Waals surface area contributed by atoms with Gasteiger partial charge in [0, 0.05) is 12.7 Å². The minimum Gasteiger partial charge on any atom is -0.369 e. The summed E-state index contributed by atoms with van der Waals surface area (Å²) in [4.78, 5) is 8.25. The predicted molar refractivity (Wildman–Crippen MR) is 74.4 cm³/mol. The molecule has 1 aliphatic rings. The first-order valence-electron chi connectivity index (χ1n) is 5.96. The van der Waals surface area contributed by atoms with Crippen LogP contribution in [0, 0.1) is 15.4 Å². The smallest absolute Gasteiger partial charge is 0.142 e. The van der Waals surface area contributed by atoms with Crippen LogP contribution in [-0.4, -0.2) is 16.5 Å². The highest BCUT2D eigenvalue weighted by molar-refractivity contribution is 14.1. The van der Waals surface area contributed by atoms with Crippen LogP contribution in [0.4, 0.5) is 5.82 Å². The number of hydrogen-bond acceptors (Lipinski definition) is 3. The summed E-state index contributed by atoms with van der Waals surface area (Å²) in [5, 5.41) is 3.45. The molecule has 1 aromatic rings. The van der Waals surface area contributed by atoms with Crippen LogP contribution in [0.3, 0.4) is 0 Å². The van der Waals surface area contributed by atoms with Crippen LogP contribution in [0.1, 0.15) is 32.6 Å². The molecule has 2 atom stereocenters. The quantitative estimate of drug-likeness (QED) is 0.864. The summed E-state index contributed by atoms with van der Waals surface area (Å²) in [6.07, 6.45) is 8.98. The maximum atomic E-state index is 4.26. The van der Waals surface area contributed by atoms with Gasteiger partial charge in [-0.25, -0.2) is 9.97 Å². The van der Waals surface area contributed by atoms with Gasteiger partial charge in [0.15, 0.2) is 0 Å². The molecule has 2 unspecified atom stereocenters. The summed E-state index contributed by atoms with van der Waals surface area (Å²) in [7, 11) is 0. The second-order valence-electron chi connectivity index (χ2n) is 4.62. The molecular formula is C12H18IN3. The highest BCUT2D eigenvalue weighted by Gasteiger charge is 2.21. The van der Waals surface area contributed by atoms with E-state index in [-0.39, 0.29) is 0 Å². The standard InChI is InChI=1S/C12H18IN3/c1-9-4-2-3-5-10(9)6-15-12-11(13)7-14-8-16-12/h7-10H,2-6H2,1H3,(H,14,15,16). The number of nitrogens with zero attached hydrogens (tertiary/aromatic N) is 2. The van der Waals surface area contributed by atoms with E-state index >= 15 is 0 Å². The molecule has 1 aromatic heterocycles. The van der Waals surface area contributed by atoms with Crippen molar-refractivity contribution in [3.05, 3.63) is 16.1 Å². The molecule has 88 valence electrons. The van der Waals surface area contributed by atoms with E-state index in [1.54, 1.807) is 6.33 Å². The first-order chi connectivity index (χ1) is 7.77. The Balaban J connectivity index is 1.89. The fourth-order valence-corrected chi connectivity index (χ4v) is 2.86. The summed E-state index contributed by atoms with van der Waals surface area (Å²) in [6, 6.07) is 0. The maximum Gasteiger partial charge on any atom is 0.142 e. The molecule has 16 heavy (non-hydrogen) atoms. The monoisotopic (exact) mass is 331 g/mol. The molecule has 1 aliphatic carbocycles. The molecule has 3 nitrogen and oxygen atoms in total. The lowest BCUT2D eigenvalue weighted by Gasteiger charge is -2.29. The van der Waals surface area contributed by atoms with Crippen molar-refractivity contribution in [2.45, 2.75) is 32.6 Å². The fourth-order valence-electron chi connectivity index (χ4n) is 2.37. The zero-order chi connectivity index (χ0) is 11.4. The number of rotatable bonds is 3. The Labute approximate surface area is 111 Å². The molecule has 1 heterocycles. The van der Waals surface area contributed by atoms with E-state index in [9.17, 15) is 0 Å². The second kappa shape index (κ2) is 5.80. The lowest BCUT2D eigenvalue weighted by Crippen LogP contribution is -2.24. The fraction of sp³-hybridized carbons (Fsp3) is 0.667. The van der Waals surface area contributed by atoms with E-state index < -0.39 is 0 Å². The van der Waals surface area contributed by atoms with Crippen molar-refractivity contribution in [1.82, 2.24) is 9.97 Å².